The van der Waals surface area contributed by atoms with E-state index in [4.69, 9.17) is 0 Å². The number of hydrogen-bond donors (Lipinski definition) is 1. The van der Waals surface area contributed by atoms with Gasteiger partial charge in [0.25, 0.3) is 0 Å². The van der Waals surface area contributed by atoms with Gasteiger partial charge in [-0.25, -0.2) is 0 Å². The van der Waals surface area contributed by atoms with Gasteiger partial charge in [-0.05, 0) is 46.1 Å². The summed E-state index contributed by atoms with van der Waals surface area (Å²) in [6.45, 7) is 3.22. The quantitative estimate of drug-likeness (QED) is 0.721. The maximum Gasteiger partial charge on any atom is 0.0701 e. The summed E-state index contributed by atoms with van der Waals surface area (Å²) in [6.07, 6.45) is 1.14. The molecule has 4 rings (SSSR count). The van der Waals surface area contributed by atoms with E-state index in [2.05, 4.69) is 62.2 Å². The highest BCUT2D eigenvalue weighted by Crippen LogP contribution is 2.29. The van der Waals surface area contributed by atoms with E-state index in [-0.39, 0.29) is 0 Å². The van der Waals surface area contributed by atoms with Crippen LogP contribution in [0.1, 0.15) is 16.1 Å². The molecule has 0 unspecified atom stereocenters. The molecular formula is C16H15BrN2S. The number of aromatic amines is 1. The van der Waals surface area contributed by atoms with Gasteiger partial charge >= 0.3 is 0 Å². The highest BCUT2D eigenvalue weighted by Gasteiger charge is 2.20. The molecule has 1 aliphatic heterocycles. The van der Waals surface area contributed by atoms with E-state index in [0.717, 1.165) is 26.1 Å². The largest absolute Gasteiger partial charge is 0.357 e. The molecule has 0 bridgehead atoms. The van der Waals surface area contributed by atoms with Gasteiger partial charge in [0.05, 0.1) is 3.79 Å². The van der Waals surface area contributed by atoms with Crippen LogP contribution in [0.2, 0.25) is 0 Å². The van der Waals surface area contributed by atoms with Crippen LogP contribution in [0.15, 0.2) is 40.2 Å². The second-order valence-electron chi connectivity index (χ2n) is 5.29. The second-order valence-corrected chi connectivity index (χ2v) is 7.84. The number of thiophene rings is 1. The fraction of sp³-hybridized carbons (Fsp3) is 0.250. The molecule has 2 nitrogen and oxygen atoms in total. The number of aromatic nitrogens is 1. The Morgan fingerprint density at radius 1 is 1.20 bits per heavy atom. The zero-order valence-corrected chi connectivity index (χ0v) is 13.4. The second kappa shape index (κ2) is 5.02. The number of nitrogens with zero attached hydrogens (tertiary/aromatic N) is 1. The van der Waals surface area contributed by atoms with Crippen LogP contribution in [0, 0.1) is 0 Å². The summed E-state index contributed by atoms with van der Waals surface area (Å²) in [5, 5.41) is 1.40. The zero-order valence-electron chi connectivity index (χ0n) is 11.0. The number of fused-ring (bicyclic) bond motifs is 3. The molecule has 0 atom stereocenters. The van der Waals surface area contributed by atoms with Crippen molar-refractivity contribution in [2.24, 2.45) is 0 Å². The van der Waals surface area contributed by atoms with Gasteiger partial charge in [-0.15, -0.1) is 11.3 Å². The normalized spacial score (nSPS) is 15.7. The molecule has 1 N–H and O–H groups in total. The summed E-state index contributed by atoms with van der Waals surface area (Å²) in [7, 11) is 0. The highest BCUT2D eigenvalue weighted by molar-refractivity contribution is 9.11. The fourth-order valence-electron chi connectivity index (χ4n) is 3.04. The van der Waals surface area contributed by atoms with Gasteiger partial charge in [0, 0.05) is 41.1 Å². The molecule has 1 aromatic carbocycles. The van der Waals surface area contributed by atoms with Gasteiger partial charge in [0.15, 0.2) is 0 Å². The number of rotatable bonds is 2. The Morgan fingerprint density at radius 3 is 2.95 bits per heavy atom. The fourth-order valence-corrected chi connectivity index (χ4v) is 4.57. The average molecular weight is 347 g/mol. The molecule has 4 heteroatoms. The van der Waals surface area contributed by atoms with Crippen molar-refractivity contribution in [1.82, 2.24) is 9.88 Å². The molecule has 1 aliphatic rings. The molecule has 2 aromatic heterocycles. The van der Waals surface area contributed by atoms with Crippen molar-refractivity contribution in [2.45, 2.75) is 19.5 Å². The maximum atomic E-state index is 3.59. The van der Waals surface area contributed by atoms with Crippen molar-refractivity contribution in [3.05, 3.63) is 56.3 Å². The van der Waals surface area contributed by atoms with E-state index in [1.54, 1.807) is 0 Å². The first-order valence-electron chi connectivity index (χ1n) is 6.84. The SMILES string of the molecule is Brc1ccc(CN2CCc3c([nH]c4ccccc34)C2)s1. The van der Waals surface area contributed by atoms with Crippen molar-refractivity contribution in [3.8, 4) is 0 Å². The van der Waals surface area contributed by atoms with Crippen LogP contribution in [0.4, 0.5) is 0 Å². The Labute approximate surface area is 130 Å². The Morgan fingerprint density at radius 2 is 2.10 bits per heavy atom. The van der Waals surface area contributed by atoms with Gasteiger partial charge in [-0.2, -0.15) is 0 Å². The van der Waals surface area contributed by atoms with Gasteiger partial charge in [0.2, 0.25) is 0 Å². The van der Waals surface area contributed by atoms with Crippen LogP contribution in [0.3, 0.4) is 0 Å². The molecule has 0 fully saturated rings. The first-order chi connectivity index (χ1) is 9.79. The Bertz CT molecular complexity index is 759. The van der Waals surface area contributed by atoms with Crippen molar-refractivity contribution in [1.29, 1.82) is 0 Å². The van der Waals surface area contributed by atoms with Crippen molar-refractivity contribution in [3.63, 3.8) is 0 Å². The predicted octanol–water partition coefficient (Wildman–Crippen LogP) is 4.55. The lowest BCUT2D eigenvalue weighted by Gasteiger charge is -2.26. The number of H-pyrrole nitrogens is 1. The first-order valence-corrected chi connectivity index (χ1v) is 8.45. The summed E-state index contributed by atoms with van der Waals surface area (Å²) in [6, 6.07) is 13.0. The van der Waals surface area contributed by atoms with Crippen LogP contribution in [0.25, 0.3) is 10.9 Å². The zero-order chi connectivity index (χ0) is 13.5. The number of halogens is 1. The number of para-hydroxylation sites is 1. The smallest absolute Gasteiger partial charge is 0.0701 e. The van der Waals surface area contributed by atoms with Crippen LogP contribution in [-0.4, -0.2) is 16.4 Å². The molecule has 0 radical (unpaired) electrons. The molecule has 0 aliphatic carbocycles. The molecule has 3 aromatic rings. The van der Waals surface area contributed by atoms with Crippen molar-refractivity contribution in [2.75, 3.05) is 6.54 Å². The third kappa shape index (κ3) is 2.22. The van der Waals surface area contributed by atoms with Crippen LogP contribution >= 0.6 is 27.3 Å². The topological polar surface area (TPSA) is 19.0 Å². The van der Waals surface area contributed by atoms with Crippen LogP contribution < -0.4 is 0 Å². The van der Waals surface area contributed by atoms with E-state index in [1.165, 1.54) is 30.8 Å². The molecule has 0 spiro atoms. The van der Waals surface area contributed by atoms with Gasteiger partial charge < -0.3 is 4.98 Å². The predicted molar refractivity (Wildman–Crippen MR) is 88.1 cm³/mol. The summed E-state index contributed by atoms with van der Waals surface area (Å²) < 4.78 is 1.22. The lowest BCUT2D eigenvalue weighted by Crippen LogP contribution is -2.29. The molecule has 20 heavy (non-hydrogen) atoms. The van der Waals surface area contributed by atoms with E-state index >= 15 is 0 Å². The summed E-state index contributed by atoms with van der Waals surface area (Å²) in [5.41, 5.74) is 4.19. The Hall–Kier alpha value is -1.10. The van der Waals surface area contributed by atoms with Gasteiger partial charge in [-0.3, -0.25) is 4.90 Å². The third-order valence-corrected chi connectivity index (χ3v) is 5.58. The standard InChI is InChI=1S/C16H15BrN2S/c17-16-6-5-11(20-16)9-19-8-7-13-12-3-1-2-4-14(12)18-15(13)10-19/h1-6,18H,7-10H2. The highest BCUT2D eigenvalue weighted by atomic mass is 79.9. The number of benzene rings is 1. The van der Waals surface area contributed by atoms with Gasteiger partial charge in [-0.1, -0.05) is 18.2 Å². The molecule has 0 saturated heterocycles. The molecule has 0 amide bonds. The summed E-state index contributed by atoms with van der Waals surface area (Å²) in [5.74, 6) is 0. The Balaban J connectivity index is 1.60. The van der Waals surface area contributed by atoms with Crippen LogP contribution in [-0.2, 0) is 19.5 Å². The van der Waals surface area contributed by atoms with Crippen molar-refractivity contribution < 1.29 is 0 Å². The lowest BCUT2D eigenvalue weighted by molar-refractivity contribution is 0.245. The monoisotopic (exact) mass is 346 g/mol. The molecule has 102 valence electrons. The van der Waals surface area contributed by atoms with E-state index in [9.17, 15) is 0 Å². The number of hydrogen-bond acceptors (Lipinski definition) is 2. The molecule has 3 heterocycles. The van der Waals surface area contributed by atoms with E-state index in [1.807, 2.05) is 11.3 Å². The average Bonchev–Trinajstić information content (AvgIpc) is 3.01. The molecular weight excluding hydrogens is 332 g/mol. The van der Waals surface area contributed by atoms with Crippen molar-refractivity contribution >= 4 is 38.2 Å². The van der Waals surface area contributed by atoms with E-state index in [0.29, 0.717) is 0 Å². The Kier molecular flexibility index (Phi) is 3.17. The lowest BCUT2D eigenvalue weighted by atomic mass is 10.0. The van der Waals surface area contributed by atoms with Crippen LogP contribution in [0.5, 0.6) is 0 Å². The minimum absolute atomic E-state index is 1.03. The van der Waals surface area contributed by atoms with E-state index < -0.39 is 0 Å². The summed E-state index contributed by atoms with van der Waals surface area (Å²) >= 11 is 5.37. The maximum absolute atomic E-state index is 3.59. The minimum atomic E-state index is 1.03. The summed E-state index contributed by atoms with van der Waals surface area (Å²) in [4.78, 5) is 7.54. The third-order valence-electron chi connectivity index (χ3n) is 3.97. The molecule has 0 saturated carbocycles. The van der Waals surface area contributed by atoms with Gasteiger partial charge in [0.1, 0.15) is 0 Å². The first kappa shape index (κ1) is 12.6. The number of nitrogens with one attached hydrogen (secondary N) is 1. The minimum Gasteiger partial charge on any atom is -0.357 e.